The van der Waals surface area contributed by atoms with Crippen LogP contribution in [0.4, 0.5) is 0 Å². The number of phosphoric ester groups is 2. The van der Waals surface area contributed by atoms with E-state index in [0.29, 0.717) is 25.7 Å². The molecule has 0 radical (unpaired) electrons. The summed E-state index contributed by atoms with van der Waals surface area (Å²) >= 11 is 0. The van der Waals surface area contributed by atoms with Gasteiger partial charge in [-0.3, -0.25) is 37.3 Å². The highest BCUT2D eigenvalue weighted by atomic mass is 31.2. The number of allylic oxidation sites excluding steroid dienone is 4. The molecule has 87 heavy (non-hydrogen) atoms. The Balaban J connectivity index is 5.26. The largest absolute Gasteiger partial charge is 0.472 e. The monoisotopic (exact) mass is 1280 g/mol. The third-order valence-electron chi connectivity index (χ3n) is 15.5. The maximum Gasteiger partial charge on any atom is 0.472 e. The van der Waals surface area contributed by atoms with E-state index in [0.717, 1.165) is 121 Å². The van der Waals surface area contributed by atoms with Gasteiger partial charge in [0.2, 0.25) is 0 Å². The van der Waals surface area contributed by atoms with Crippen LogP contribution in [0.15, 0.2) is 24.3 Å². The van der Waals surface area contributed by atoms with E-state index in [1.54, 1.807) is 0 Å². The first-order valence-corrected chi connectivity index (χ1v) is 38.0. The number of carbonyl (C=O) groups excluding carboxylic acids is 4. The van der Waals surface area contributed by atoms with E-state index in [4.69, 9.17) is 37.0 Å². The van der Waals surface area contributed by atoms with Crippen LogP contribution < -0.4 is 0 Å². The fraction of sp³-hybridized carbons (Fsp3) is 0.882. The van der Waals surface area contributed by atoms with Gasteiger partial charge in [0, 0.05) is 25.7 Å². The van der Waals surface area contributed by atoms with Crippen molar-refractivity contribution in [3.05, 3.63) is 24.3 Å². The smallest absolute Gasteiger partial charge is 0.462 e. The number of rotatable bonds is 66. The minimum absolute atomic E-state index is 0.0850. The maximum atomic E-state index is 13.0. The third-order valence-corrected chi connectivity index (χ3v) is 17.4. The van der Waals surface area contributed by atoms with Gasteiger partial charge in [0.05, 0.1) is 26.4 Å². The topological polar surface area (TPSA) is 237 Å². The summed E-state index contributed by atoms with van der Waals surface area (Å²) in [6.07, 6.45) is 49.4. The molecular formula is C68H128O17P2. The van der Waals surface area contributed by atoms with Gasteiger partial charge in [-0.2, -0.15) is 0 Å². The van der Waals surface area contributed by atoms with Crippen molar-refractivity contribution in [3.63, 3.8) is 0 Å². The molecule has 17 nitrogen and oxygen atoms in total. The molecule has 0 fully saturated rings. The van der Waals surface area contributed by atoms with E-state index >= 15 is 0 Å². The summed E-state index contributed by atoms with van der Waals surface area (Å²) in [5.41, 5.74) is 0. The molecule has 0 spiro atoms. The number of esters is 4. The molecule has 0 aromatic carbocycles. The van der Waals surface area contributed by atoms with Gasteiger partial charge in [0.15, 0.2) is 12.2 Å². The predicted molar refractivity (Wildman–Crippen MR) is 349 cm³/mol. The Bertz CT molecular complexity index is 1780. The van der Waals surface area contributed by atoms with Crippen LogP contribution in [0.2, 0.25) is 0 Å². The molecule has 0 aliphatic carbocycles. The molecule has 0 aromatic rings. The van der Waals surface area contributed by atoms with Crippen LogP contribution in [0, 0.1) is 5.92 Å². The number of unbranched alkanes of at least 4 members (excludes halogenated alkanes) is 34. The third kappa shape index (κ3) is 60.9. The molecule has 3 unspecified atom stereocenters. The van der Waals surface area contributed by atoms with Gasteiger partial charge in [-0.15, -0.1) is 0 Å². The molecule has 19 heteroatoms. The first-order chi connectivity index (χ1) is 42.1. The predicted octanol–water partition coefficient (Wildman–Crippen LogP) is 18.9. The lowest BCUT2D eigenvalue weighted by Crippen LogP contribution is -2.30. The van der Waals surface area contributed by atoms with E-state index in [-0.39, 0.29) is 25.7 Å². The molecular weight excluding hydrogens is 1150 g/mol. The number of aliphatic hydroxyl groups excluding tert-OH is 1. The summed E-state index contributed by atoms with van der Waals surface area (Å²) in [6.45, 7) is 7.14. The van der Waals surface area contributed by atoms with Crippen LogP contribution in [0.3, 0.4) is 0 Å². The summed E-state index contributed by atoms with van der Waals surface area (Å²) in [6, 6.07) is 0. The van der Waals surface area contributed by atoms with Crippen LogP contribution in [0.5, 0.6) is 0 Å². The van der Waals surface area contributed by atoms with E-state index in [2.05, 4.69) is 58.9 Å². The van der Waals surface area contributed by atoms with Crippen LogP contribution in [-0.4, -0.2) is 96.7 Å². The molecule has 0 heterocycles. The number of hydrogen-bond acceptors (Lipinski definition) is 15. The summed E-state index contributed by atoms with van der Waals surface area (Å²) < 4.78 is 68.0. The van der Waals surface area contributed by atoms with Gasteiger partial charge in [-0.05, 0) is 57.3 Å². The lowest BCUT2D eigenvalue weighted by molar-refractivity contribution is -0.161. The highest BCUT2D eigenvalue weighted by molar-refractivity contribution is 7.47. The van der Waals surface area contributed by atoms with E-state index in [9.17, 15) is 43.2 Å². The Morgan fingerprint density at radius 2 is 0.644 bits per heavy atom. The second-order valence-corrected chi connectivity index (χ2v) is 27.0. The van der Waals surface area contributed by atoms with Gasteiger partial charge in [0.1, 0.15) is 19.3 Å². The minimum Gasteiger partial charge on any atom is -0.462 e. The first-order valence-electron chi connectivity index (χ1n) is 35.0. The quantitative estimate of drug-likeness (QED) is 0.0169. The Morgan fingerprint density at radius 1 is 0.368 bits per heavy atom. The van der Waals surface area contributed by atoms with E-state index in [1.807, 2.05) is 0 Å². The summed E-state index contributed by atoms with van der Waals surface area (Å²) in [4.78, 5) is 72.3. The normalized spacial score (nSPS) is 14.6. The number of carbonyl (C=O) groups is 4. The molecule has 0 saturated carbocycles. The molecule has 0 rings (SSSR count). The Hall–Kier alpha value is -2.46. The van der Waals surface area contributed by atoms with Crippen LogP contribution >= 0.6 is 15.6 Å². The van der Waals surface area contributed by atoms with Gasteiger partial charge in [-0.1, -0.05) is 271 Å². The molecule has 3 N–H and O–H groups in total. The fourth-order valence-corrected chi connectivity index (χ4v) is 11.3. The van der Waals surface area contributed by atoms with Crippen molar-refractivity contribution in [1.29, 1.82) is 0 Å². The van der Waals surface area contributed by atoms with Crippen LogP contribution in [0.25, 0.3) is 0 Å². The average Bonchev–Trinajstić information content (AvgIpc) is 3.65. The van der Waals surface area contributed by atoms with Crippen molar-refractivity contribution < 1.29 is 80.2 Å². The lowest BCUT2D eigenvalue weighted by Gasteiger charge is -2.21. The van der Waals surface area contributed by atoms with Crippen LogP contribution in [-0.2, 0) is 65.4 Å². The van der Waals surface area contributed by atoms with Crippen LogP contribution in [0.1, 0.15) is 324 Å². The Labute approximate surface area is 529 Å². The molecule has 0 saturated heterocycles. The maximum absolute atomic E-state index is 13.0. The van der Waals surface area contributed by atoms with Crippen molar-refractivity contribution >= 4 is 39.5 Å². The molecule has 0 bridgehead atoms. The number of phosphoric acid groups is 2. The van der Waals surface area contributed by atoms with Gasteiger partial charge in [0.25, 0.3) is 0 Å². The lowest BCUT2D eigenvalue weighted by atomic mass is 9.99. The first kappa shape index (κ1) is 84.5. The van der Waals surface area contributed by atoms with Crippen molar-refractivity contribution in [3.8, 4) is 0 Å². The number of aliphatic hydroxyl groups is 1. The van der Waals surface area contributed by atoms with E-state index < -0.39 is 97.5 Å². The molecule has 0 aliphatic heterocycles. The summed E-state index contributed by atoms with van der Waals surface area (Å²) in [7, 11) is -9.90. The zero-order chi connectivity index (χ0) is 64.2. The Kier molecular flexibility index (Phi) is 59.3. The molecule has 6 atom stereocenters. The van der Waals surface area contributed by atoms with Gasteiger partial charge >= 0.3 is 39.5 Å². The molecule has 512 valence electrons. The summed E-state index contributed by atoms with van der Waals surface area (Å²) in [5.74, 6) is -1.35. The van der Waals surface area contributed by atoms with Crippen molar-refractivity contribution in [1.82, 2.24) is 0 Å². The fourth-order valence-electron chi connectivity index (χ4n) is 9.72. The Morgan fingerprint density at radius 3 is 0.977 bits per heavy atom. The van der Waals surface area contributed by atoms with Crippen molar-refractivity contribution in [2.45, 2.75) is 342 Å². The zero-order valence-corrected chi connectivity index (χ0v) is 57.4. The highest BCUT2D eigenvalue weighted by Gasteiger charge is 2.30. The van der Waals surface area contributed by atoms with Crippen molar-refractivity contribution in [2.24, 2.45) is 5.92 Å². The minimum atomic E-state index is -4.96. The second-order valence-electron chi connectivity index (χ2n) is 24.1. The number of ether oxygens (including phenoxy) is 4. The molecule has 0 aliphatic rings. The SMILES string of the molecule is CCCCCC/C=C\C=C/CCCCCCCC(=O)O[C@H](COC(=O)CCCCCCCCCCCCC(C)CC)COP(=O)(O)OC[C@@H](O)COP(=O)(O)OC[C@@H](COC(=O)CCCCCCCCC)OC(=O)CCCCCCCCCCCCC. The van der Waals surface area contributed by atoms with Gasteiger partial charge in [-0.25, -0.2) is 9.13 Å². The number of hydrogen-bond donors (Lipinski definition) is 3. The van der Waals surface area contributed by atoms with Gasteiger partial charge < -0.3 is 33.8 Å². The van der Waals surface area contributed by atoms with Crippen molar-refractivity contribution in [2.75, 3.05) is 39.6 Å². The zero-order valence-electron chi connectivity index (χ0n) is 55.6. The molecule has 0 amide bonds. The standard InChI is InChI=1S/C68H128O17P2/c1-6-10-13-16-19-21-23-24-25-26-28-34-39-44-49-54-68(73)85-64(58-79-66(71)52-47-42-37-32-30-29-31-36-40-45-50-61(5)9-4)60-83-87(76,77)81-56-62(69)55-80-86(74,75)82-59-63(57-78-65(70)51-46-41-35-18-15-12-8-3)84-67(72)53-48-43-38-33-27-22-20-17-14-11-7-2/h21,23-25,61-64,69H,6-20,22,26-60H2,1-5H3,(H,74,75)(H,76,77)/b23-21-,25-24-/t61?,62-,63+,64+/m0/s1. The second kappa shape index (κ2) is 61.1. The molecule has 0 aromatic heterocycles. The highest BCUT2D eigenvalue weighted by Crippen LogP contribution is 2.45. The van der Waals surface area contributed by atoms with E-state index in [1.165, 1.54) is 122 Å². The average molecular weight is 1280 g/mol. The summed E-state index contributed by atoms with van der Waals surface area (Å²) in [5, 5.41) is 10.6.